The Hall–Kier alpha value is -1.26. The summed E-state index contributed by atoms with van der Waals surface area (Å²) in [6.45, 7) is 6.07. The third kappa shape index (κ3) is 2.61. The highest BCUT2D eigenvalue weighted by molar-refractivity contribution is 5.91. The van der Waals surface area contributed by atoms with Crippen LogP contribution >= 0.6 is 0 Å². The van der Waals surface area contributed by atoms with Crippen molar-refractivity contribution in [2.45, 2.75) is 20.3 Å². The lowest BCUT2D eigenvalue weighted by Gasteiger charge is -2.19. The lowest BCUT2D eigenvalue weighted by atomic mass is 9.93. The second-order valence-electron chi connectivity index (χ2n) is 4.20. The van der Waals surface area contributed by atoms with E-state index >= 15 is 0 Å². The smallest absolute Gasteiger partial charge is 0.221 e. The number of likely N-dealkylation sites (tertiary alicyclic amines) is 1. The minimum atomic E-state index is -0.0466. The molecule has 0 aromatic heterocycles. The standard InChI is InChI=1S/C8H17N5/c1-8(2)3-4-13(5-8)7(11)12-6(9)10/h3-5H2,1-2H3,(H5,9,10,11,12). The fourth-order valence-electron chi connectivity index (χ4n) is 1.49. The van der Waals surface area contributed by atoms with Gasteiger partial charge in [0, 0.05) is 13.1 Å². The van der Waals surface area contributed by atoms with Gasteiger partial charge in [-0.1, -0.05) is 13.8 Å². The van der Waals surface area contributed by atoms with Gasteiger partial charge in [-0.2, -0.15) is 4.99 Å². The van der Waals surface area contributed by atoms with Crippen LogP contribution in [0, 0.1) is 10.8 Å². The molecule has 0 bridgehead atoms. The molecule has 0 aromatic carbocycles. The number of hydrogen-bond donors (Lipinski definition) is 3. The molecule has 1 heterocycles. The van der Waals surface area contributed by atoms with E-state index in [1.54, 1.807) is 0 Å². The summed E-state index contributed by atoms with van der Waals surface area (Å²) in [6.07, 6.45) is 1.08. The molecule has 5 N–H and O–H groups in total. The van der Waals surface area contributed by atoms with Crippen molar-refractivity contribution in [3.63, 3.8) is 0 Å². The molecular formula is C8H17N5. The van der Waals surface area contributed by atoms with Crippen molar-refractivity contribution in [3.05, 3.63) is 0 Å². The maximum atomic E-state index is 7.57. The summed E-state index contributed by atoms with van der Waals surface area (Å²) in [5.74, 6) is 0.125. The van der Waals surface area contributed by atoms with Crippen molar-refractivity contribution in [1.29, 1.82) is 5.41 Å². The minimum Gasteiger partial charge on any atom is -0.370 e. The van der Waals surface area contributed by atoms with Crippen LogP contribution in [-0.4, -0.2) is 29.9 Å². The minimum absolute atomic E-state index is 0.0466. The van der Waals surface area contributed by atoms with Crippen LogP contribution in [0.5, 0.6) is 0 Å². The van der Waals surface area contributed by atoms with Gasteiger partial charge in [-0.25, -0.2) is 0 Å². The molecule has 0 aromatic rings. The topological polar surface area (TPSA) is 91.5 Å². The predicted octanol–water partition coefficient (Wildman–Crippen LogP) is -0.0735. The van der Waals surface area contributed by atoms with Gasteiger partial charge in [0.2, 0.25) is 5.96 Å². The van der Waals surface area contributed by atoms with Gasteiger partial charge in [0.05, 0.1) is 0 Å². The molecule has 5 nitrogen and oxygen atoms in total. The average molecular weight is 183 g/mol. The molecule has 0 unspecified atom stereocenters. The van der Waals surface area contributed by atoms with E-state index in [4.69, 9.17) is 16.9 Å². The first-order chi connectivity index (χ1) is 5.91. The van der Waals surface area contributed by atoms with Crippen LogP contribution in [0.3, 0.4) is 0 Å². The fraction of sp³-hybridized carbons (Fsp3) is 0.750. The summed E-state index contributed by atoms with van der Waals surface area (Å²) in [5.41, 5.74) is 10.6. The van der Waals surface area contributed by atoms with E-state index in [0.717, 1.165) is 19.5 Å². The van der Waals surface area contributed by atoms with E-state index in [1.165, 1.54) is 0 Å². The highest BCUT2D eigenvalue weighted by atomic mass is 15.3. The van der Waals surface area contributed by atoms with Gasteiger partial charge in [-0.05, 0) is 11.8 Å². The van der Waals surface area contributed by atoms with Crippen LogP contribution in [0.15, 0.2) is 4.99 Å². The molecule has 74 valence electrons. The lowest BCUT2D eigenvalue weighted by molar-refractivity contribution is 0.373. The second kappa shape index (κ2) is 3.24. The van der Waals surface area contributed by atoms with Crippen LogP contribution in [0.1, 0.15) is 20.3 Å². The third-order valence-electron chi connectivity index (χ3n) is 2.21. The van der Waals surface area contributed by atoms with Crippen molar-refractivity contribution in [2.24, 2.45) is 21.9 Å². The van der Waals surface area contributed by atoms with Crippen LogP contribution in [-0.2, 0) is 0 Å². The van der Waals surface area contributed by atoms with Gasteiger partial charge in [-0.15, -0.1) is 0 Å². The van der Waals surface area contributed by atoms with Gasteiger partial charge >= 0.3 is 0 Å². The Kier molecular flexibility index (Phi) is 2.45. The van der Waals surface area contributed by atoms with E-state index in [-0.39, 0.29) is 17.3 Å². The van der Waals surface area contributed by atoms with E-state index in [1.807, 2.05) is 4.90 Å². The number of aliphatic imine (C=N–C) groups is 1. The van der Waals surface area contributed by atoms with Crippen molar-refractivity contribution in [3.8, 4) is 0 Å². The van der Waals surface area contributed by atoms with Gasteiger partial charge in [0.1, 0.15) is 0 Å². The zero-order chi connectivity index (χ0) is 10.1. The van der Waals surface area contributed by atoms with Crippen LogP contribution < -0.4 is 11.5 Å². The third-order valence-corrected chi connectivity index (χ3v) is 2.21. The summed E-state index contributed by atoms with van der Waals surface area (Å²) in [5, 5.41) is 7.57. The number of nitrogens with one attached hydrogen (secondary N) is 1. The fourth-order valence-corrected chi connectivity index (χ4v) is 1.49. The number of nitrogens with two attached hydrogens (primary N) is 2. The summed E-state index contributed by atoms with van der Waals surface area (Å²) in [6, 6.07) is 0. The van der Waals surface area contributed by atoms with E-state index in [9.17, 15) is 0 Å². The number of hydrogen-bond acceptors (Lipinski definition) is 1. The molecule has 13 heavy (non-hydrogen) atoms. The van der Waals surface area contributed by atoms with Gasteiger partial charge in [-0.3, -0.25) is 5.41 Å². The number of nitrogens with zero attached hydrogens (tertiary/aromatic N) is 2. The Morgan fingerprint density at radius 2 is 2.08 bits per heavy atom. The highest BCUT2D eigenvalue weighted by Crippen LogP contribution is 2.28. The molecule has 0 saturated carbocycles. The zero-order valence-electron chi connectivity index (χ0n) is 8.17. The number of guanidine groups is 2. The summed E-state index contributed by atoms with van der Waals surface area (Å²) < 4.78 is 0. The lowest BCUT2D eigenvalue weighted by Crippen LogP contribution is -2.32. The number of rotatable bonds is 0. The van der Waals surface area contributed by atoms with Gasteiger partial charge in [0.25, 0.3) is 0 Å². The Morgan fingerprint density at radius 1 is 1.46 bits per heavy atom. The first-order valence-corrected chi connectivity index (χ1v) is 4.34. The summed E-state index contributed by atoms with van der Waals surface area (Å²) in [4.78, 5) is 5.60. The zero-order valence-corrected chi connectivity index (χ0v) is 8.17. The summed E-state index contributed by atoms with van der Waals surface area (Å²) >= 11 is 0. The average Bonchev–Trinajstić information content (AvgIpc) is 2.28. The molecule has 1 saturated heterocycles. The molecule has 0 aliphatic carbocycles. The van der Waals surface area contributed by atoms with Crippen molar-refractivity contribution in [1.82, 2.24) is 4.90 Å². The van der Waals surface area contributed by atoms with E-state index in [0.29, 0.717) is 0 Å². The van der Waals surface area contributed by atoms with Crippen molar-refractivity contribution < 1.29 is 0 Å². The molecule has 5 heteroatoms. The monoisotopic (exact) mass is 183 g/mol. The molecule has 1 fully saturated rings. The Morgan fingerprint density at radius 3 is 2.46 bits per heavy atom. The van der Waals surface area contributed by atoms with Crippen molar-refractivity contribution in [2.75, 3.05) is 13.1 Å². The molecule has 0 spiro atoms. The quantitative estimate of drug-likeness (QED) is 0.362. The van der Waals surface area contributed by atoms with Crippen LogP contribution in [0.4, 0.5) is 0 Å². The molecule has 0 radical (unpaired) electrons. The van der Waals surface area contributed by atoms with E-state index < -0.39 is 0 Å². The molecular weight excluding hydrogens is 166 g/mol. The SMILES string of the molecule is CC1(C)CCN(C(=N)N=C(N)N)C1. The highest BCUT2D eigenvalue weighted by Gasteiger charge is 2.30. The first kappa shape index (κ1) is 9.83. The first-order valence-electron chi connectivity index (χ1n) is 4.34. The summed E-state index contributed by atoms with van der Waals surface area (Å²) in [7, 11) is 0. The maximum absolute atomic E-state index is 7.57. The molecule has 0 atom stereocenters. The molecule has 1 aliphatic rings. The normalized spacial score (nSPS) is 20.0. The van der Waals surface area contributed by atoms with E-state index in [2.05, 4.69) is 18.8 Å². The molecule has 1 aliphatic heterocycles. The maximum Gasteiger partial charge on any atom is 0.221 e. The van der Waals surface area contributed by atoms with Crippen LogP contribution in [0.2, 0.25) is 0 Å². The predicted molar refractivity (Wildman–Crippen MR) is 53.5 cm³/mol. The second-order valence-corrected chi connectivity index (χ2v) is 4.20. The van der Waals surface area contributed by atoms with Gasteiger partial charge in [0.15, 0.2) is 5.96 Å². The largest absolute Gasteiger partial charge is 0.370 e. The van der Waals surface area contributed by atoms with Crippen molar-refractivity contribution >= 4 is 11.9 Å². The molecule has 0 amide bonds. The van der Waals surface area contributed by atoms with Gasteiger partial charge < -0.3 is 16.4 Å². The Labute approximate surface area is 78.3 Å². The Bertz CT molecular complexity index is 239. The molecule has 1 rings (SSSR count). The Balaban J connectivity index is 2.57. The van der Waals surface area contributed by atoms with Crippen LogP contribution in [0.25, 0.3) is 0 Å².